The molecule has 7 heteroatoms. The smallest absolute Gasteiger partial charge is 0.255 e. The summed E-state index contributed by atoms with van der Waals surface area (Å²) in [6.45, 7) is 0. The van der Waals surface area contributed by atoms with Crippen LogP contribution in [-0.4, -0.2) is 15.3 Å². The molecule has 1 amide bonds. The second-order valence-electron chi connectivity index (χ2n) is 5.38. The van der Waals surface area contributed by atoms with E-state index in [0.29, 0.717) is 5.69 Å². The van der Waals surface area contributed by atoms with Gasteiger partial charge in [0.25, 0.3) is 5.91 Å². The van der Waals surface area contributed by atoms with Gasteiger partial charge in [0, 0.05) is 34.6 Å². The minimum atomic E-state index is -1.06. The topological polar surface area (TPSA) is 46.4 Å². The average Bonchev–Trinajstić information content (AvgIpc) is 3.19. The molecule has 0 aliphatic rings. The molecular formula is C18H11F2N3OS. The highest BCUT2D eigenvalue weighted by atomic mass is 32.1. The molecule has 2 aromatic heterocycles. The van der Waals surface area contributed by atoms with Crippen molar-refractivity contribution in [3.8, 4) is 11.3 Å². The van der Waals surface area contributed by atoms with Gasteiger partial charge in [-0.3, -0.25) is 9.20 Å². The zero-order valence-electron chi connectivity index (χ0n) is 12.7. The van der Waals surface area contributed by atoms with Crippen LogP contribution in [-0.2, 0) is 0 Å². The molecule has 4 rings (SSSR count). The Labute approximate surface area is 145 Å². The zero-order valence-corrected chi connectivity index (χ0v) is 13.6. The number of carbonyl (C=O) groups is 1. The number of nitrogens with one attached hydrogen (secondary N) is 1. The fourth-order valence-electron chi connectivity index (χ4n) is 2.46. The fourth-order valence-corrected chi connectivity index (χ4v) is 3.16. The SMILES string of the molecule is O=C(Nc1cccc(-c2cn3ccsc3n2)c1)c1ccc(F)c(F)c1. The number of halogens is 2. The Morgan fingerprint density at radius 1 is 1.12 bits per heavy atom. The molecule has 25 heavy (non-hydrogen) atoms. The van der Waals surface area contributed by atoms with Gasteiger partial charge >= 0.3 is 0 Å². The van der Waals surface area contributed by atoms with Gasteiger partial charge in [0.15, 0.2) is 16.6 Å². The number of imidazole rings is 1. The molecule has 124 valence electrons. The molecule has 0 aliphatic heterocycles. The predicted molar refractivity (Wildman–Crippen MR) is 92.8 cm³/mol. The first-order valence-corrected chi connectivity index (χ1v) is 8.27. The summed E-state index contributed by atoms with van der Waals surface area (Å²) >= 11 is 1.53. The van der Waals surface area contributed by atoms with Gasteiger partial charge in [-0.1, -0.05) is 12.1 Å². The Bertz CT molecular complexity index is 1060. The summed E-state index contributed by atoms with van der Waals surface area (Å²) in [6, 6.07) is 10.2. The minimum Gasteiger partial charge on any atom is -0.322 e. The number of hydrogen-bond acceptors (Lipinski definition) is 3. The van der Waals surface area contributed by atoms with Crippen LogP contribution in [0, 0.1) is 11.6 Å². The standard InChI is InChI=1S/C18H11F2N3OS/c19-14-5-4-12(9-15(14)20)17(24)21-13-3-1-2-11(8-13)16-10-23-6-7-25-18(23)22-16/h1-10H,(H,21,24). The second kappa shape index (κ2) is 6.10. The number of carbonyl (C=O) groups excluding carboxylic acids is 1. The van der Waals surface area contributed by atoms with Gasteiger partial charge < -0.3 is 5.32 Å². The van der Waals surface area contributed by atoms with Crippen LogP contribution in [0.3, 0.4) is 0 Å². The largest absolute Gasteiger partial charge is 0.322 e. The average molecular weight is 355 g/mol. The predicted octanol–water partition coefficient (Wildman–Crippen LogP) is 4.59. The molecule has 0 bridgehead atoms. The van der Waals surface area contributed by atoms with Crippen molar-refractivity contribution in [3.63, 3.8) is 0 Å². The van der Waals surface area contributed by atoms with Crippen LogP contribution in [0.5, 0.6) is 0 Å². The molecule has 4 aromatic rings. The normalized spacial score (nSPS) is 11.0. The number of fused-ring (bicyclic) bond motifs is 1. The van der Waals surface area contributed by atoms with E-state index in [-0.39, 0.29) is 5.56 Å². The lowest BCUT2D eigenvalue weighted by Crippen LogP contribution is -2.12. The summed E-state index contributed by atoms with van der Waals surface area (Å²) in [7, 11) is 0. The van der Waals surface area contributed by atoms with Gasteiger partial charge in [-0.15, -0.1) is 11.3 Å². The number of nitrogens with zero attached hydrogens (tertiary/aromatic N) is 2. The molecule has 0 radical (unpaired) electrons. The molecule has 0 atom stereocenters. The van der Waals surface area contributed by atoms with Crippen LogP contribution in [0.4, 0.5) is 14.5 Å². The maximum absolute atomic E-state index is 13.3. The maximum atomic E-state index is 13.3. The monoisotopic (exact) mass is 355 g/mol. The first kappa shape index (κ1) is 15.5. The lowest BCUT2D eigenvalue weighted by Gasteiger charge is -2.07. The van der Waals surface area contributed by atoms with Crippen LogP contribution >= 0.6 is 11.3 Å². The molecule has 0 unspecified atom stereocenters. The van der Waals surface area contributed by atoms with E-state index in [9.17, 15) is 13.6 Å². The zero-order chi connectivity index (χ0) is 17.4. The molecule has 0 saturated heterocycles. The van der Waals surface area contributed by atoms with Gasteiger partial charge in [-0.25, -0.2) is 13.8 Å². The molecule has 4 nitrogen and oxygen atoms in total. The van der Waals surface area contributed by atoms with E-state index in [0.717, 1.165) is 28.4 Å². The first-order chi connectivity index (χ1) is 12.1. The van der Waals surface area contributed by atoms with Crippen LogP contribution < -0.4 is 5.32 Å². The summed E-state index contributed by atoms with van der Waals surface area (Å²) < 4.78 is 28.2. The molecule has 0 aliphatic carbocycles. The quantitative estimate of drug-likeness (QED) is 0.584. The third-order valence-electron chi connectivity index (χ3n) is 3.69. The number of hydrogen-bond donors (Lipinski definition) is 1. The van der Waals surface area contributed by atoms with Crippen molar-refractivity contribution < 1.29 is 13.6 Å². The van der Waals surface area contributed by atoms with Crippen LogP contribution in [0.15, 0.2) is 60.2 Å². The molecule has 2 heterocycles. The van der Waals surface area contributed by atoms with E-state index >= 15 is 0 Å². The van der Waals surface area contributed by atoms with Crippen molar-refractivity contribution in [1.82, 2.24) is 9.38 Å². The summed E-state index contributed by atoms with van der Waals surface area (Å²) in [4.78, 5) is 17.6. The van der Waals surface area contributed by atoms with E-state index < -0.39 is 17.5 Å². The van der Waals surface area contributed by atoms with Crippen LogP contribution in [0.2, 0.25) is 0 Å². The van der Waals surface area contributed by atoms with E-state index in [1.807, 2.05) is 28.2 Å². The molecule has 2 aromatic carbocycles. The van der Waals surface area contributed by atoms with E-state index in [1.54, 1.807) is 18.2 Å². The highest BCUT2D eigenvalue weighted by Crippen LogP contribution is 2.24. The van der Waals surface area contributed by atoms with Gasteiger partial charge in [0.05, 0.1) is 5.69 Å². The van der Waals surface area contributed by atoms with Crippen LogP contribution in [0.1, 0.15) is 10.4 Å². The van der Waals surface area contributed by atoms with E-state index in [2.05, 4.69) is 10.3 Å². The summed E-state index contributed by atoms with van der Waals surface area (Å²) in [5.74, 6) is -2.56. The summed E-state index contributed by atoms with van der Waals surface area (Å²) in [6.07, 6.45) is 3.83. The van der Waals surface area contributed by atoms with Gasteiger partial charge in [-0.05, 0) is 30.3 Å². The second-order valence-corrected chi connectivity index (χ2v) is 6.26. The lowest BCUT2D eigenvalue weighted by atomic mass is 10.1. The Kier molecular flexibility index (Phi) is 3.77. The number of amides is 1. The minimum absolute atomic E-state index is 0.0480. The Hall–Kier alpha value is -3.06. The van der Waals surface area contributed by atoms with Crippen molar-refractivity contribution in [3.05, 3.63) is 77.4 Å². The van der Waals surface area contributed by atoms with Crippen molar-refractivity contribution in [2.45, 2.75) is 0 Å². The van der Waals surface area contributed by atoms with Crippen molar-refractivity contribution in [2.75, 3.05) is 5.32 Å². The Morgan fingerprint density at radius 2 is 2.00 bits per heavy atom. The molecule has 0 saturated carbocycles. The van der Waals surface area contributed by atoms with E-state index in [4.69, 9.17) is 0 Å². The highest BCUT2D eigenvalue weighted by Gasteiger charge is 2.11. The molecule has 1 N–H and O–H groups in total. The van der Waals surface area contributed by atoms with Crippen molar-refractivity contribution >= 4 is 27.9 Å². The summed E-state index contributed by atoms with van der Waals surface area (Å²) in [5, 5.41) is 4.63. The number of rotatable bonds is 3. The number of aromatic nitrogens is 2. The Morgan fingerprint density at radius 3 is 2.80 bits per heavy atom. The van der Waals surface area contributed by atoms with E-state index in [1.165, 1.54) is 17.4 Å². The highest BCUT2D eigenvalue weighted by molar-refractivity contribution is 7.15. The molecular weight excluding hydrogens is 344 g/mol. The molecule has 0 spiro atoms. The number of benzene rings is 2. The maximum Gasteiger partial charge on any atom is 0.255 e. The van der Waals surface area contributed by atoms with Gasteiger partial charge in [-0.2, -0.15) is 0 Å². The van der Waals surface area contributed by atoms with Crippen molar-refractivity contribution in [1.29, 1.82) is 0 Å². The molecule has 0 fully saturated rings. The third-order valence-corrected chi connectivity index (χ3v) is 4.46. The Balaban J connectivity index is 1.59. The lowest BCUT2D eigenvalue weighted by molar-refractivity contribution is 0.102. The number of anilines is 1. The van der Waals surface area contributed by atoms with Gasteiger partial charge in [0.2, 0.25) is 0 Å². The van der Waals surface area contributed by atoms with Gasteiger partial charge in [0.1, 0.15) is 0 Å². The van der Waals surface area contributed by atoms with Crippen LogP contribution in [0.25, 0.3) is 16.2 Å². The fraction of sp³-hybridized carbons (Fsp3) is 0. The van der Waals surface area contributed by atoms with Crippen molar-refractivity contribution in [2.24, 2.45) is 0 Å². The first-order valence-electron chi connectivity index (χ1n) is 7.39. The third kappa shape index (κ3) is 3.01. The number of thiazole rings is 1. The summed E-state index contributed by atoms with van der Waals surface area (Å²) in [5.41, 5.74) is 2.23.